The summed E-state index contributed by atoms with van der Waals surface area (Å²) >= 11 is 1.51. The van der Waals surface area contributed by atoms with E-state index in [2.05, 4.69) is 30.4 Å². The number of amides is 1. The van der Waals surface area contributed by atoms with E-state index in [9.17, 15) is 4.79 Å². The fourth-order valence-corrected chi connectivity index (χ4v) is 3.60. The van der Waals surface area contributed by atoms with E-state index in [1.54, 1.807) is 0 Å². The lowest BCUT2D eigenvalue weighted by atomic mass is 10.1. The molecule has 1 aromatic heterocycles. The second-order valence-electron chi connectivity index (χ2n) is 5.32. The van der Waals surface area contributed by atoms with Crippen molar-refractivity contribution in [2.24, 2.45) is 5.84 Å². The Kier molecular flexibility index (Phi) is 5.73. The van der Waals surface area contributed by atoms with E-state index >= 15 is 0 Å². The molecule has 0 aliphatic heterocycles. The number of carbonyl (C=O) groups excluding carboxylic acids is 1. The smallest absolute Gasteiger partial charge is 0.275 e. The maximum absolute atomic E-state index is 12.0. The van der Waals surface area contributed by atoms with E-state index in [4.69, 9.17) is 5.84 Å². The summed E-state index contributed by atoms with van der Waals surface area (Å²) in [5.74, 6) is 5.12. The summed E-state index contributed by atoms with van der Waals surface area (Å²) in [4.78, 5) is 15.0. The van der Waals surface area contributed by atoms with Crippen molar-refractivity contribution in [2.75, 3.05) is 13.6 Å². The molecule has 21 heavy (non-hydrogen) atoms. The van der Waals surface area contributed by atoms with Gasteiger partial charge in [-0.25, -0.2) is 5.84 Å². The molecule has 3 N–H and O–H groups in total. The minimum absolute atomic E-state index is 0.201. The van der Waals surface area contributed by atoms with Crippen LogP contribution in [-0.4, -0.2) is 24.4 Å². The van der Waals surface area contributed by atoms with Gasteiger partial charge in [0.25, 0.3) is 5.91 Å². The van der Waals surface area contributed by atoms with Crippen molar-refractivity contribution in [2.45, 2.75) is 32.7 Å². The molecule has 0 aliphatic rings. The second kappa shape index (κ2) is 7.54. The molecule has 0 saturated carbocycles. The lowest BCUT2D eigenvalue weighted by Crippen LogP contribution is -2.30. The third-order valence-corrected chi connectivity index (χ3v) is 4.82. The first-order valence-corrected chi connectivity index (χ1v) is 8.19. The highest BCUT2D eigenvalue weighted by atomic mass is 32.1. The molecule has 5 heteroatoms. The fraction of sp³-hybridized carbons (Fsp3) is 0.438. The number of nitrogens with one attached hydrogen (secondary N) is 1. The molecular weight excluding hydrogens is 282 g/mol. The number of nitrogen functional groups attached to an aromatic ring is 1. The molecule has 0 atom stereocenters. The first-order chi connectivity index (χ1) is 10.2. The van der Waals surface area contributed by atoms with Gasteiger partial charge in [-0.2, -0.15) is 0 Å². The average Bonchev–Trinajstić information content (AvgIpc) is 2.85. The Morgan fingerprint density at radius 3 is 2.81 bits per heavy atom. The van der Waals surface area contributed by atoms with Crippen LogP contribution in [0.3, 0.4) is 0 Å². The molecule has 0 unspecified atom stereocenters. The van der Waals surface area contributed by atoms with Crippen LogP contribution >= 0.6 is 11.3 Å². The van der Waals surface area contributed by atoms with Gasteiger partial charge in [-0.1, -0.05) is 38.0 Å². The van der Waals surface area contributed by atoms with Gasteiger partial charge < -0.3 is 4.90 Å². The van der Waals surface area contributed by atoms with E-state index in [1.807, 2.05) is 18.2 Å². The molecule has 0 radical (unpaired) electrons. The first-order valence-electron chi connectivity index (χ1n) is 7.37. The summed E-state index contributed by atoms with van der Waals surface area (Å²) in [6.07, 6.45) is 3.65. The van der Waals surface area contributed by atoms with Crippen LogP contribution in [0, 0.1) is 0 Å². The number of rotatable bonds is 7. The Morgan fingerprint density at radius 1 is 1.33 bits per heavy atom. The molecule has 0 bridgehead atoms. The molecule has 1 heterocycles. The van der Waals surface area contributed by atoms with Gasteiger partial charge >= 0.3 is 0 Å². The van der Waals surface area contributed by atoms with Crippen LogP contribution in [0.4, 0.5) is 0 Å². The summed E-state index contributed by atoms with van der Waals surface area (Å²) in [7, 11) is 2.10. The van der Waals surface area contributed by atoms with Crippen molar-refractivity contribution in [1.29, 1.82) is 0 Å². The van der Waals surface area contributed by atoms with Gasteiger partial charge in [0.15, 0.2) is 0 Å². The molecule has 4 nitrogen and oxygen atoms in total. The SMILES string of the molecule is CCCCCN(C)Cc1c(C(=O)NN)sc2ccccc12. The number of nitrogens with two attached hydrogens (primary N) is 1. The number of benzene rings is 1. The van der Waals surface area contributed by atoms with Crippen LogP contribution in [0.2, 0.25) is 0 Å². The van der Waals surface area contributed by atoms with E-state index in [0.717, 1.165) is 33.6 Å². The number of thiophene rings is 1. The largest absolute Gasteiger partial charge is 0.302 e. The second-order valence-corrected chi connectivity index (χ2v) is 6.38. The number of hydrogen-bond acceptors (Lipinski definition) is 4. The molecular formula is C16H23N3OS. The number of hydrogen-bond donors (Lipinski definition) is 2. The molecule has 0 fully saturated rings. The average molecular weight is 305 g/mol. The third-order valence-electron chi connectivity index (χ3n) is 3.61. The van der Waals surface area contributed by atoms with Gasteiger partial charge in [-0.15, -0.1) is 11.3 Å². The summed E-state index contributed by atoms with van der Waals surface area (Å²) in [5.41, 5.74) is 3.34. The molecule has 0 aliphatic carbocycles. The van der Waals surface area contributed by atoms with Crippen LogP contribution in [0.15, 0.2) is 24.3 Å². The molecule has 1 amide bonds. The van der Waals surface area contributed by atoms with Crippen molar-refractivity contribution in [3.8, 4) is 0 Å². The Labute approximate surface area is 129 Å². The fourth-order valence-electron chi connectivity index (χ4n) is 2.49. The molecule has 0 saturated heterocycles. The van der Waals surface area contributed by atoms with Crippen LogP contribution < -0.4 is 11.3 Å². The molecule has 0 spiro atoms. The van der Waals surface area contributed by atoms with Gasteiger partial charge in [0.2, 0.25) is 0 Å². The maximum atomic E-state index is 12.0. The standard InChI is InChI=1S/C16H23N3OS/c1-3-4-7-10-19(2)11-13-12-8-5-6-9-14(12)21-15(13)16(20)18-17/h5-6,8-9H,3-4,7,10-11,17H2,1-2H3,(H,18,20). The Hall–Kier alpha value is -1.43. The molecule has 2 rings (SSSR count). The van der Waals surface area contributed by atoms with Gasteiger partial charge in [0.05, 0.1) is 4.88 Å². The van der Waals surface area contributed by atoms with Crippen LogP contribution in [-0.2, 0) is 6.54 Å². The zero-order valence-corrected chi connectivity index (χ0v) is 13.5. The number of nitrogens with zero attached hydrogens (tertiary/aromatic N) is 1. The monoisotopic (exact) mass is 305 g/mol. The maximum Gasteiger partial charge on any atom is 0.275 e. The Morgan fingerprint density at radius 2 is 2.10 bits per heavy atom. The van der Waals surface area contributed by atoms with Crippen LogP contribution in [0.1, 0.15) is 41.4 Å². The van der Waals surface area contributed by atoms with E-state index in [1.165, 1.54) is 30.6 Å². The molecule has 114 valence electrons. The third kappa shape index (κ3) is 3.81. The summed E-state index contributed by atoms with van der Waals surface area (Å²) in [6.45, 7) is 4.02. The minimum Gasteiger partial charge on any atom is -0.302 e. The predicted octanol–water partition coefficient (Wildman–Crippen LogP) is 3.13. The van der Waals surface area contributed by atoms with Gasteiger partial charge in [-0.3, -0.25) is 10.2 Å². The van der Waals surface area contributed by atoms with Crippen LogP contribution in [0.25, 0.3) is 10.1 Å². The lowest BCUT2D eigenvalue weighted by molar-refractivity contribution is 0.0956. The predicted molar refractivity (Wildman–Crippen MR) is 89.3 cm³/mol. The first kappa shape index (κ1) is 15.9. The normalized spacial score (nSPS) is 11.2. The van der Waals surface area contributed by atoms with Crippen molar-refractivity contribution < 1.29 is 4.79 Å². The number of hydrazine groups is 1. The summed E-state index contributed by atoms with van der Waals surface area (Å²) < 4.78 is 1.13. The van der Waals surface area contributed by atoms with Gasteiger partial charge in [0, 0.05) is 11.2 Å². The summed E-state index contributed by atoms with van der Waals surface area (Å²) in [5, 5.41) is 1.16. The topological polar surface area (TPSA) is 58.4 Å². The van der Waals surface area contributed by atoms with Crippen molar-refractivity contribution in [3.05, 3.63) is 34.7 Å². The highest BCUT2D eigenvalue weighted by Gasteiger charge is 2.18. The van der Waals surface area contributed by atoms with Gasteiger partial charge in [0.1, 0.15) is 0 Å². The Bertz CT molecular complexity index is 609. The number of fused-ring (bicyclic) bond motifs is 1. The van der Waals surface area contributed by atoms with E-state index in [-0.39, 0.29) is 5.91 Å². The lowest BCUT2D eigenvalue weighted by Gasteiger charge is -2.17. The van der Waals surface area contributed by atoms with Crippen molar-refractivity contribution >= 4 is 27.3 Å². The number of carbonyl (C=O) groups is 1. The zero-order chi connectivity index (χ0) is 15.2. The molecule has 1 aromatic carbocycles. The van der Waals surface area contributed by atoms with E-state index < -0.39 is 0 Å². The van der Waals surface area contributed by atoms with Crippen molar-refractivity contribution in [3.63, 3.8) is 0 Å². The minimum atomic E-state index is -0.201. The number of unbranched alkanes of at least 4 members (excludes halogenated alkanes) is 2. The zero-order valence-electron chi connectivity index (χ0n) is 12.7. The highest BCUT2D eigenvalue weighted by molar-refractivity contribution is 7.21. The van der Waals surface area contributed by atoms with Crippen LogP contribution in [0.5, 0.6) is 0 Å². The molecule has 2 aromatic rings. The van der Waals surface area contributed by atoms with Crippen molar-refractivity contribution in [1.82, 2.24) is 10.3 Å². The summed E-state index contributed by atoms with van der Waals surface area (Å²) in [6, 6.07) is 8.14. The van der Waals surface area contributed by atoms with E-state index in [0.29, 0.717) is 0 Å². The van der Waals surface area contributed by atoms with Gasteiger partial charge in [-0.05, 0) is 37.0 Å². The quantitative estimate of drug-likeness (QED) is 0.358. The Balaban J connectivity index is 2.25. The highest BCUT2D eigenvalue weighted by Crippen LogP contribution is 2.32.